The quantitative estimate of drug-likeness (QED) is 0.333. The zero-order valence-corrected chi connectivity index (χ0v) is 28.8. The van der Waals surface area contributed by atoms with Crippen molar-refractivity contribution < 1.29 is 19.1 Å². The van der Waals surface area contributed by atoms with Crippen LogP contribution < -0.4 is 10.6 Å². The van der Waals surface area contributed by atoms with Crippen molar-refractivity contribution in [1.29, 1.82) is 0 Å². The predicted molar refractivity (Wildman–Crippen MR) is 183 cm³/mol. The molecule has 2 aromatic rings. The van der Waals surface area contributed by atoms with Gasteiger partial charge in [-0.05, 0) is 106 Å². The minimum absolute atomic E-state index is 0.114. The smallest absolute Gasteiger partial charge is 0.411 e. The van der Waals surface area contributed by atoms with E-state index in [1.807, 2.05) is 54.0 Å². The maximum Gasteiger partial charge on any atom is 0.411 e. The number of likely N-dealkylation sites (tertiary alicyclic amines) is 2. The Morgan fingerprint density at radius 2 is 1.70 bits per heavy atom. The third-order valence-corrected chi connectivity index (χ3v) is 12.3. The molecule has 0 spiro atoms. The monoisotopic (exact) mass is 693 g/mol. The van der Waals surface area contributed by atoms with E-state index in [0.717, 1.165) is 90.1 Å². The molecular weight excluding hydrogens is 646 g/mol. The second kappa shape index (κ2) is 14.4. The molecule has 0 radical (unpaired) electrons. The zero-order valence-electron chi connectivity index (χ0n) is 27.2. The Kier molecular flexibility index (Phi) is 10.3. The topological polar surface area (TPSA) is 94.2 Å². The van der Waals surface area contributed by atoms with Gasteiger partial charge in [0.25, 0.3) is 0 Å². The Hall–Kier alpha value is -2.95. The van der Waals surface area contributed by atoms with Crippen molar-refractivity contribution in [3.8, 4) is 0 Å². The van der Waals surface area contributed by atoms with Crippen LogP contribution in [0, 0.1) is 25.7 Å². The standard InChI is InChI=1S/C36H48BrN5O4/c1-25-21-27(22-26(2)33(25)37)24-46-35(45)42-19-12-31(41-18-11-30-5-3-4-6-32(30)39-34(41)44)23-36(42,13-20-43)40-16-9-29(10-17-40)28-7-14-38-15-8-28/h3-6,20-22,28-29,31,38H,7-19,23-24H2,1-2H3,(H,39,44)/t31-,36+/m1/s1. The lowest BCUT2D eigenvalue weighted by molar-refractivity contribution is -0.128. The first-order valence-corrected chi connectivity index (χ1v) is 17.8. The van der Waals surface area contributed by atoms with E-state index in [4.69, 9.17) is 4.74 Å². The van der Waals surface area contributed by atoms with E-state index in [2.05, 4.69) is 37.5 Å². The van der Waals surface area contributed by atoms with E-state index in [0.29, 0.717) is 31.8 Å². The van der Waals surface area contributed by atoms with Gasteiger partial charge in [-0.2, -0.15) is 0 Å². The van der Waals surface area contributed by atoms with Crippen LogP contribution in [-0.2, 0) is 22.6 Å². The molecule has 0 aliphatic carbocycles. The second-order valence-corrected chi connectivity index (χ2v) is 14.5. The Bertz CT molecular complexity index is 1400. The number of carbonyl (C=O) groups is 3. The van der Waals surface area contributed by atoms with E-state index < -0.39 is 11.8 Å². The van der Waals surface area contributed by atoms with Gasteiger partial charge in [0.1, 0.15) is 18.6 Å². The summed E-state index contributed by atoms with van der Waals surface area (Å²) in [6, 6.07) is 11.8. The number of para-hydroxylation sites is 1. The molecule has 6 rings (SSSR count). The second-order valence-electron chi connectivity index (χ2n) is 13.7. The van der Waals surface area contributed by atoms with Crippen LogP contribution in [0.4, 0.5) is 15.3 Å². The highest BCUT2D eigenvalue weighted by molar-refractivity contribution is 9.10. The number of nitrogens with one attached hydrogen (secondary N) is 2. The summed E-state index contributed by atoms with van der Waals surface area (Å²) >= 11 is 3.63. The fourth-order valence-electron chi connectivity index (χ4n) is 8.54. The number of benzene rings is 2. The van der Waals surface area contributed by atoms with E-state index >= 15 is 0 Å². The van der Waals surface area contributed by atoms with Gasteiger partial charge in [-0.15, -0.1) is 0 Å². The van der Waals surface area contributed by atoms with Crippen molar-refractivity contribution in [1.82, 2.24) is 20.0 Å². The van der Waals surface area contributed by atoms with E-state index in [1.54, 1.807) is 0 Å². The van der Waals surface area contributed by atoms with Gasteiger partial charge in [0.2, 0.25) is 0 Å². The highest BCUT2D eigenvalue weighted by atomic mass is 79.9. The highest BCUT2D eigenvalue weighted by Gasteiger charge is 2.52. The average Bonchev–Trinajstić information content (AvgIpc) is 3.24. The number of nitrogens with zero attached hydrogens (tertiary/aromatic N) is 3. The van der Waals surface area contributed by atoms with Gasteiger partial charge in [0.05, 0.1) is 0 Å². The lowest BCUT2D eigenvalue weighted by Gasteiger charge is -2.56. The molecule has 0 aromatic heterocycles. The maximum atomic E-state index is 14.1. The molecule has 2 N–H and O–H groups in total. The number of urea groups is 1. The summed E-state index contributed by atoms with van der Waals surface area (Å²) in [5.74, 6) is 1.39. The molecule has 0 unspecified atom stereocenters. The average molecular weight is 695 g/mol. The molecule has 9 nitrogen and oxygen atoms in total. The van der Waals surface area contributed by atoms with Crippen molar-refractivity contribution in [3.63, 3.8) is 0 Å². The normalized spacial score (nSPS) is 25.0. The molecule has 3 fully saturated rings. The van der Waals surface area contributed by atoms with Crippen LogP contribution in [0.5, 0.6) is 0 Å². The van der Waals surface area contributed by atoms with Gasteiger partial charge in [0, 0.05) is 55.2 Å². The predicted octanol–water partition coefficient (Wildman–Crippen LogP) is 6.25. The van der Waals surface area contributed by atoms with Gasteiger partial charge in [0.15, 0.2) is 0 Å². The number of rotatable bonds is 7. The number of amides is 3. The summed E-state index contributed by atoms with van der Waals surface area (Å²) < 4.78 is 7.08. The number of ether oxygens (including phenoxy) is 1. The minimum Gasteiger partial charge on any atom is -0.445 e. The van der Waals surface area contributed by atoms with Crippen molar-refractivity contribution in [2.45, 2.75) is 83.5 Å². The third kappa shape index (κ3) is 6.85. The largest absolute Gasteiger partial charge is 0.445 e. The molecule has 2 atom stereocenters. The van der Waals surface area contributed by atoms with Gasteiger partial charge < -0.3 is 25.1 Å². The molecule has 0 saturated carbocycles. The Morgan fingerprint density at radius 3 is 2.41 bits per heavy atom. The molecule has 2 aromatic carbocycles. The molecule has 46 heavy (non-hydrogen) atoms. The molecule has 10 heteroatoms. The molecular formula is C36H48BrN5O4. The summed E-state index contributed by atoms with van der Waals surface area (Å²) in [4.78, 5) is 46.3. The van der Waals surface area contributed by atoms with Gasteiger partial charge in [-0.1, -0.05) is 46.3 Å². The number of anilines is 1. The Morgan fingerprint density at radius 1 is 1.00 bits per heavy atom. The first-order valence-electron chi connectivity index (χ1n) is 17.0. The first kappa shape index (κ1) is 33.0. The van der Waals surface area contributed by atoms with Crippen LogP contribution >= 0.6 is 15.9 Å². The molecule has 3 amide bonds. The van der Waals surface area contributed by atoms with Crippen molar-refractivity contribution >= 4 is 40.0 Å². The summed E-state index contributed by atoms with van der Waals surface area (Å²) in [7, 11) is 0. The fraction of sp³-hybridized carbons (Fsp3) is 0.583. The molecule has 4 aliphatic heterocycles. The van der Waals surface area contributed by atoms with Crippen LogP contribution in [0.15, 0.2) is 40.9 Å². The van der Waals surface area contributed by atoms with Gasteiger partial charge in [-0.3, -0.25) is 9.80 Å². The number of halogens is 1. The fourth-order valence-corrected chi connectivity index (χ4v) is 8.77. The Labute approximate surface area is 281 Å². The lowest BCUT2D eigenvalue weighted by Crippen LogP contribution is -2.69. The van der Waals surface area contributed by atoms with E-state index in [1.165, 1.54) is 12.8 Å². The van der Waals surface area contributed by atoms with Crippen LogP contribution in [0.2, 0.25) is 0 Å². The summed E-state index contributed by atoms with van der Waals surface area (Å²) in [6.45, 7) is 9.05. The van der Waals surface area contributed by atoms with Gasteiger partial charge >= 0.3 is 12.1 Å². The maximum absolute atomic E-state index is 14.1. The number of fused-ring (bicyclic) bond motifs is 1. The highest BCUT2D eigenvalue weighted by Crippen LogP contribution is 2.41. The molecule has 4 heterocycles. The number of hydrogen-bond donors (Lipinski definition) is 2. The minimum atomic E-state index is -0.855. The summed E-state index contributed by atoms with van der Waals surface area (Å²) in [6.07, 6.45) is 7.17. The number of hydrogen-bond acceptors (Lipinski definition) is 6. The van der Waals surface area contributed by atoms with E-state index in [9.17, 15) is 14.4 Å². The Balaban J connectivity index is 1.24. The van der Waals surface area contributed by atoms with E-state index in [-0.39, 0.29) is 25.1 Å². The molecule has 3 saturated heterocycles. The summed E-state index contributed by atoms with van der Waals surface area (Å²) in [5.41, 5.74) is 4.25. The van der Waals surface area contributed by atoms with Crippen molar-refractivity contribution in [3.05, 3.63) is 63.1 Å². The van der Waals surface area contributed by atoms with Gasteiger partial charge in [-0.25, -0.2) is 9.59 Å². The zero-order chi connectivity index (χ0) is 32.3. The summed E-state index contributed by atoms with van der Waals surface area (Å²) in [5, 5.41) is 6.62. The first-order chi connectivity index (χ1) is 22.3. The van der Waals surface area contributed by atoms with Crippen molar-refractivity contribution in [2.24, 2.45) is 11.8 Å². The number of piperidine rings is 3. The molecule has 248 valence electrons. The van der Waals surface area contributed by atoms with Crippen molar-refractivity contribution in [2.75, 3.05) is 44.6 Å². The third-order valence-electron chi connectivity index (χ3n) is 11.0. The van der Waals surface area contributed by atoms with Crippen LogP contribution in [0.25, 0.3) is 0 Å². The number of carbonyl (C=O) groups excluding carboxylic acids is 3. The molecule has 0 bridgehead atoms. The number of aryl methyl sites for hydroxylation is 2. The SMILES string of the molecule is Cc1cc(COC(=O)N2CC[C@@H](N3CCc4ccccc4NC3=O)C[C@@]2(CC=O)N2CCC(C3CCNCC3)CC2)cc(C)c1Br. The number of aldehydes is 1. The lowest BCUT2D eigenvalue weighted by atomic mass is 9.77. The van der Waals surface area contributed by atoms with Crippen LogP contribution in [0.1, 0.15) is 67.2 Å². The van der Waals surface area contributed by atoms with Crippen LogP contribution in [-0.4, -0.2) is 84.1 Å². The van der Waals surface area contributed by atoms with Crippen LogP contribution in [0.3, 0.4) is 0 Å². The molecule has 4 aliphatic rings.